The lowest BCUT2D eigenvalue weighted by molar-refractivity contribution is 0.0382. The van der Waals surface area contributed by atoms with Crippen LogP contribution in [0, 0.1) is 6.92 Å². The standard InChI is InChI=1S/C15H19N3O2/c1-11-3-2-4-12-14(11)16-13(17-15(12)19)5-6-18-7-9-20-10-8-18/h2-4H,5-10H2,1H3,(H,16,17,19). The third-order valence-electron chi connectivity index (χ3n) is 3.76. The fourth-order valence-electron chi connectivity index (χ4n) is 2.56. The van der Waals surface area contributed by atoms with Gasteiger partial charge in [-0.05, 0) is 18.6 Å². The lowest BCUT2D eigenvalue weighted by atomic mass is 10.1. The molecule has 0 atom stereocenters. The maximum Gasteiger partial charge on any atom is 0.258 e. The van der Waals surface area contributed by atoms with Crippen molar-refractivity contribution in [2.45, 2.75) is 13.3 Å². The number of hydrogen-bond donors (Lipinski definition) is 1. The van der Waals surface area contributed by atoms with Crippen molar-refractivity contribution in [3.63, 3.8) is 0 Å². The third-order valence-corrected chi connectivity index (χ3v) is 3.76. The quantitative estimate of drug-likeness (QED) is 0.910. The molecular formula is C15H19N3O2. The number of nitrogens with one attached hydrogen (secondary N) is 1. The zero-order valence-electron chi connectivity index (χ0n) is 11.7. The number of morpholine rings is 1. The fourth-order valence-corrected chi connectivity index (χ4v) is 2.56. The van der Waals surface area contributed by atoms with E-state index in [4.69, 9.17) is 4.74 Å². The van der Waals surface area contributed by atoms with Gasteiger partial charge in [0.15, 0.2) is 0 Å². The minimum Gasteiger partial charge on any atom is -0.379 e. The van der Waals surface area contributed by atoms with Crippen LogP contribution < -0.4 is 5.56 Å². The van der Waals surface area contributed by atoms with E-state index in [9.17, 15) is 4.79 Å². The van der Waals surface area contributed by atoms with Crippen LogP contribution in [0.2, 0.25) is 0 Å². The van der Waals surface area contributed by atoms with Crippen molar-refractivity contribution in [2.24, 2.45) is 0 Å². The number of aromatic nitrogens is 2. The van der Waals surface area contributed by atoms with Crippen molar-refractivity contribution in [2.75, 3.05) is 32.8 Å². The number of aromatic amines is 1. The normalized spacial score (nSPS) is 16.6. The second kappa shape index (κ2) is 5.73. The Hall–Kier alpha value is -1.72. The first-order chi connectivity index (χ1) is 9.74. The van der Waals surface area contributed by atoms with Gasteiger partial charge in [-0.1, -0.05) is 12.1 Å². The molecule has 0 amide bonds. The molecule has 0 unspecified atom stereocenters. The summed E-state index contributed by atoms with van der Waals surface area (Å²) in [5, 5.41) is 0.667. The number of fused-ring (bicyclic) bond motifs is 1. The van der Waals surface area contributed by atoms with E-state index in [0.29, 0.717) is 5.39 Å². The molecule has 1 fully saturated rings. The summed E-state index contributed by atoms with van der Waals surface area (Å²) in [6, 6.07) is 5.70. The van der Waals surface area contributed by atoms with Crippen LogP contribution in [-0.4, -0.2) is 47.7 Å². The second-order valence-corrected chi connectivity index (χ2v) is 5.19. The van der Waals surface area contributed by atoms with Crippen LogP contribution in [0.25, 0.3) is 10.9 Å². The summed E-state index contributed by atoms with van der Waals surface area (Å²) in [7, 11) is 0. The molecular weight excluding hydrogens is 254 g/mol. The second-order valence-electron chi connectivity index (χ2n) is 5.19. The molecule has 1 aliphatic heterocycles. The van der Waals surface area contributed by atoms with Crippen molar-refractivity contribution in [1.29, 1.82) is 0 Å². The maximum absolute atomic E-state index is 12.1. The van der Waals surface area contributed by atoms with Gasteiger partial charge in [-0.15, -0.1) is 0 Å². The fraction of sp³-hybridized carbons (Fsp3) is 0.467. The van der Waals surface area contributed by atoms with Gasteiger partial charge in [0.05, 0.1) is 24.1 Å². The van der Waals surface area contributed by atoms with Crippen LogP contribution >= 0.6 is 0 Å². The van der Waals surface area contributed by atoms with Crippen molar-refractivity contribution in [3.05, 3.63) is 39.9 Å². The Balaban J connectivity index is 1.81. The average molecular weight is 273 g/mol. The number of benzene rings is 1. The summed E-state index contributed by atoms with van der Waals surface area (Å²) >= 11 is 0. The molecule has 1 N–H and O–H groups in total. The molecule has 3 rings (SSSR count). The molecule has 2 heterocycles. The van der Waals surface area contributed by atoms with Gasteiger partial charge >= 0.3 is 0 Å². The van der Waals surface area contributed by atoms with Crippen LogP contribution in [0.1, 0.15) is 11.4 Å². The molecule has 5 nitrogen and oxygen atoms in total. The van der Waals surface area contributed by atoms with Crippen molar-refractivity contribution in [3.8, 4) is 0 Å². The Bertz CT molecular complexity index is 660. The Morgan fingerprint density at radius 3 is 2.95 bits per heavy atom. The minimum absolute atomic E-state index is 0.0457. The van der Waals surface area contributed by atoms with Gasteiger partial charge < -0.3 is 9.72 Å². The van der Waals surface area contributed by atoms with E-state index in [0.717, 1.165) is 56.2 Å². The highest BCUT2D eigenvalue weighted by atomic mass is 16.5. The number of H-pyrrole nitrogens is 1. The van der Waals surface area contributed by atoms with Crippen LogP contribution in [0.15, 0.2) is 23.0 Å². The predicted molar refractivity (Wildman–Crippen MR) is 78.1 cm³/mol. The Labute approximate surface area is 117 Å². The zero-order valence-corrected chi connectivity index (χ0v) is 11.7. The maximum atomic E-state index is 12.1. The smallest absolute Gasteiger partial charge is 0.258 e. The Morgan fingerprint density at radius 2 is 2.15 bits per heavy atom. The largest absolute Gasteiger partial charge is 0.379 e. The number of aryl methyl sites for hydroxylation is 1. The summed E-state index contributed by atoms with van der Waals surface area (Å²) in [5.74, 6) is 0.767. The molecule has 0 aliphatic carbocycles. The number of rotatable bonds is 3. The van der Waals surface area contributed by atoms with Gasteiger partial charge in [0.1, 0.15) is 5.82 Å². The first-order valence-electron chi connectivity index (χ1n) is 7.02. The van der Waals surface area contributed by atoms with Crippen molar-refractivity contribution < 1.29 is 4.74 Å². The summed E-state index contributed by atoms with van der Waals surface area (Å²) in [6.07, 6.45) is 0.763. The summed E-state index contributed by atoms with van der Waals surface area (Å²) < 4.78 is 5.33. The van der Waals surface area contributed by atoms with E-state index < -0.39 is 0 Å². The topological polar surface area (TPSA) is 58.2 Å². The molecule has 1 saturated heterocycles. The zero-order chi connectivity index (χ0) is 13.9. The summed E-state index contributed by atoms with van der Waals surface area (Å²) in [4.78, 5) is 21.9. The average Bonchev–Trinajstić information content (AvgIpc) is 2.47. The molecule has 1 aromatic carbocycles. The predicted octanol–water partition coefficient (Wildman–Crippen LogP) is 1.11. The molecule has 0 radical (unpaired) electrons. The van der Waals surface area contributed by atoms with Gasteiger partial charge in [-0.2, -0.15) is 0 Å². The number of ether oxygens (including phenoxy) is 1. The molecule has 0 bridgehead atoms. The Kier molecular flexibility index (Phi) is 3.80. The lowest BCUT2D eigenvalue weighted by Crippen LogP contribution is -2.37. The van der Waals surface area contributed by atoms with E-state index in [1.54, 1.807) is 0 Å². The van der Waals surface area contributed by atoms with Gasteiger partial charge in [0, 0.05) is 26.1 Å². The van der Waals surface area contributed by atoms with Crippen molar-refractivity contribution >= 4 is 10.9 Å². The summed E-state index contributed by atoms with van der Waals surface area (Å²) in [5.41, 5.74) is 1.81. The minimum atomic E-state index is -0.0457. The molecule has 5 heteroatoms. The molecule has 20 heavy (non-hydrogen) atoms. The van der Waals surface area contributed by atoms with E-state index in [1.165, 1.54) is 0 Å². The number of hydrogen-bond acceptors (Lipinski definition) is 4. The van der Waals surface area contributed by atoms with Crippen LogP contribution in [-0.2, 0) is 11.2 Å². The van der Waals surface area contributed by atoms with Crippen molar-refractivity contribution in [1.82, 2.24) is 14.9 Å². The number of para-hydroxylation sites is 1. The van der Waals surface area contributed by atoms with Gasteiger partial charge in [-0.3, -0.25) is 9.69 Å². The van der Waals surface area contributed by atoms with E-state index in [1.807, 2.05) is 25.1 Å². The molecule has 1 aromatic heterocycles. The first-order valence-corrected chi connectivity index (χ1v) is 7.02. The van der Waals surface area contributed by atoms with E-state index in [2.05, 4.69) is 14.9 Å². The van der Waals surface area contributed by atoms with Crippen LogP contribution in [0.5, 0.6) is 0 Å². The van der Waals surface area contributed by atoms with E-state index >= 15 is 0 Å². The monoisotopic (exact) mass is 273 g/mol. The lowest BCUT2D eigenvalue weighted by Gasteiger charge is -2.26. The Morgan fingerprint density at radius 1 is 1.35 bits per heavy atom. The highest BCUT2D eigenvalue weighted by Crippen LogP contribution is 2.12. The van der Waals surface area contributed by atoms with Gasteiger partial charge in [0.25, 0.3) is 5.56 Å². The van der Waals surface area contributed by atoms with Crippen LogP contribution in [0.3, 0.4) is 0 Å². The number of nitrogens with zero attached hydrogens (tertiary/aromatic N) is 2. The molecule has 0 spiro atoms. The van der Waals surface area contributed by atoms with Gasteiger partial charge in [-0.25, -0.2) is 4.98 Å². The van der Waals surface area contributed by atoms with E-state index in [-0.39, 0.29) is 5.56 Å². The first kappa shape index (κ1) is 13.3. The van der Waals surface area contributed by atoms with Gasteiger partial charge in [0.2, 0.25) is 0 Å². The molecule has 0 saturated carbocycles. The molecule has 2 aromatic rings. The third kappa shape index (κ3) is 2.73. The molecule has 106 valence electrons. The van der Waals surface area contributed by atoms with Crippen LogP contribution in [0.4, 0.5) is 0 Å². The molecule has 1 aliphatic rings. The highest BCUT2D eigenvalue weighted by Gasteiger charge is 2.11. The summed E-state index contributed by atoms with van der Waals surface area (Å²) in [6.45, 7) is 6.39. The highest BCUT2D eigenvalue weighted by molar-refractivity contribution is 5.80. The SMILES string of the molecule is Cc1cccc2c(=O)[nH]c(CCN3CCOCC3)nc12.